The minimum absolute atomic E-state index is 0.142. The zero-order valence-corrected chi connectivity index (χ0v) is 15.0. The van der Waals surface area contributed by atoms with E-state index in [1.54, 1.807) is 0 Å². The summed E-state index contributed by atoms with van der Waals surface area (Å²) in [4.78, 5) is 24.8. The number of amides is 1. The van der Waals surface area contributed by atoms with Crippen LogP contribution >= 0.6 is 0 Å². The molecule has 0 saturated heterocycles. The third kappa shape index (κ3) is 4.12. The molecular weight excluding hydrogens is 322 g/mol. The average Bonchev–Trinajstić information content (AvgIpc) is 2.54. The Kier molecular flexibility index (Phi) is 5.72. The van der Waals surface area contributed by atoms with Crippen LogP contribution in [0.1, 0.15) is 50.4 Å². The van der Waals surface area contributed by atoms with Crippen molar-refractivity contribution in [3.8, 4) is 11.5 Å². The predicted molar refractivity (Wildman–Crippen MR) is 93.4 cm³/mol. The first-order valence-corrected chi connectivity index (χ1v) is 8.71. The Morgan fingerprint density at radius 1 is 1.24 bits per heavy atom. The van der Waals surface area contributed by atoms with E-state index in [1.807, 2.05) is 20.8 Å². The summed E-state index contributed by atoms with van der Waals surface area (Å²) in [7, 11) is 0. The van der Waals surface area contributed by atoms with Crippen LogP contribution in [0.3, 0.4) is 0 Å². The second-order valence-corrected chi connectivity index (χ2v) is 7.47. The summed E-state index contributed by atoms with van der Waals surface area (Å²) in [5, 5.41) is 32.3. The monoisotopic (exact) mass is 349 g/mol. The lowest BCUT2D eigenvalue weighted by atomic mass is 9.66. The maximum atomic E-state index is 12.6. The van der Waals surface area contributed by atoms with Crippen LogP contribution in [0.4, 0.5) is 0 Å². The number of ketones is 1. The van der Waals surface area contributed by atoms with Gasteiger partial charge in [-0.25, -0.2) is 0 Å². The van der Waals surface area contributed by atoms with Crippen molar-refractivity contribution in [2.75, 3.05) is 6.54 Å². The van der Waals surface area contributed by atoms with Gasteiger partial charge in [-0.3, -0.25) is 9.59 Å². The lowest BCUT2D eigenvalue weighted by Crippen LogP contribution is -2.56. The largest absolute Gasteiger partial charge is 0.504 e. The lowest BCUT2D eigenvalue weighted by Gasteiger charge is -2.43. The molecule has 6 heteroatoms. The Labute approximate surface area is 147 Å². The van der Waals surface area contributed by atoms with Gasteiger partial charge in [0.15, 0.2) is 17.3 Å². The molecule has 1 aromatic carbocycles. The molecule has 1 aliphatic rings. The van der Waals surface area contributed by atoms with Crippen LogP contribution in [0, 0.1) is 17.8 Å². The number of phenolic OH excluding ortho intramolecular Hbond substituents is 2. The van der Waals surface area contributed by atoms with E-state index in [2.05, 4.69) is 5.32 Å². The van der Waals surface area contributed by atoms with Gasteiger partial charge >= 0.3 is 0 Å². The highest BCUT2D eigenvalue weighted by Gasteiger charge is 2.48. The van der Waals surface area contributed by atoms with E-state index in [0.29, 0.717) is 6.42 Å². The van der Waals surface area contributed by atoms with Crippen LogP contribution in [-0.4, -0.2) is 39.2 Å². The van der Waals surface area contributed by atoms with E-state index in [9.17, 15) is 24.9 Å². The number of carbonyl (C=O) groups excluding carboxylic acids is 2. The molecule has 0 aliphatic heterocycles. The molecule has 2 rings (SSSR count). The summed E-state index contributed by atoms with van der Waals surface area (Å²) in [6.07, 6.45) is 2.14. The van der Waals surface area contributed by atoms with Gasteiger partial charge in [0, 0.05) is 5.56 Å². The van der Waals surface area contributed by atoms with Crippen molar-refractivity contribution in [1.29, 1.82) is 0 Å². The highest BCUT2D eigenvalue weighted by Crippen LogP contribution is 2.41. The molecule has 3 unspecified atom stereocenters. The molecule has 0 aromatic heterocycles. The normalized spacial score (nSPS) is 26.4. The third-order valence-electron chi connectivity index (χ3n) is 5.15. The summed E-state index contributed by atoms with van der Waals surface area (Å²) in [5.41, 5.74) is -1.29. The minimum Gasteiger partial charge on any atom is -0.504 e. The first kappa shape index (κ1) is 19.2. The zero-order valence-electron chi connectivity index (χ0n) is 15.0. The second kappa shape index (κ2) is 7.44. The number of aliphatic hydroxyl groups is 1. The van der Waals surface area contributed by atoms with Crippen molar-refractivity contribution >= 4 is 11.7 Å². The highest BCUT2D eigenvalue weighted by molar-refractivity contribution is 6.00. The predicted octanol–water partition coefficient (Wildman–Crippen LogP) is 2.22. The smallest absolute Gasteiger partial charge is 0.252 e. The fourth-order valence-corrected chi connectivity index (χ4v) is 3.75. The van der Waals surface area contributed by atoms with Gasteiger partial charge in [0.25, 0.3) is 5.91 Å². The van der Waals surface area contributed by atoms with Gasteiger partial charge in [-0.2, -0.15) is 0 Å². The first-order valence-electron chi connectivity index (χ1n) is 8.71. The third-order valence-corrected chi connectivity index (χ3v) is 5.15. The molecule has 25 heavy (non-hydrogen) atoms. The molecule has 138 valence electrons. The van der Waals surface area contributed by atoms with Crippen LogP contribution in [0.25, 0.3) is 0 Å². The van der Waals surface area contributed by atoms with Crippen LogP contribution in [0.15, 0.2) is 18.2 Å². The van der Waals surface area contributed by atoms with Gasteiger partial charge in [-0.1, -0.05) is 27.2 Å². The van der Waals surface area contributed by atoms with E-state index in [1.165, 1.54) is 12.1 Å². The molecule has 4 N–H and O–H groups in total. The molecule has 1 amide bonds. The van der Waals surface area contributed by atoms with E-state index < -0.39 is 23.0 Å². The molecule has 0 radical (unpaired) electrons. The number of carbonyl (C=O) groups is 2. The van der Waals surface area contributed by atoms with Crippen molar-refractivity contribution in [3.05, 3.63) is 23.8 Å². The van der Waals surface area contributed by atoms with E-state index >= 15 is 0 Å². The number of hydrogen-bond donors (Lipinski definition) is 4. The number of phenols is 2. The zero-order chi connectivity index (χ0) is 18.8. The summed E-state index contributed by atoms with van der Waals surface area (Å²) < 4.78 is 0. The molecule has 1 aromatic rings. The van der Waals surface area contributed by atoms with Gasteiger partial charge < -0.3 is 20.6 Å². The highest BCUT2D eigenvalue weighted by atomic mass is 16.3. The summed E-state index contributed by atoms with van der Waals surface area (Å²) in [5.74, 6) is -1.37. The quantitative estimate of drug-likeness (QED) is 0.482. The van der Waals surface area contributed by atoms with E-state index in [4.69, 9.17) is 0 Å². The second-order valence-electron chi connectivity index (χ2n) is 7.47. The molecule has 0 spiro atoms. The number of hydrogen-bond acceptors (Lipinski definition) is 5. The molecule has 1 fully saturated rings. The molecule has 6 nitrogen and oxygen atoms in total. The molecular formula is C19H27NO5. The number of benzene rings is 1. The molecule has 0 heterocycles. The van der Waals surface area contributed by atoms with Crippen molar-refractivity contribution in [2.24, 2.45) is 17.8 Å². The maximum Gasteiger partial charge on any atom is 0.252 e. The summed E-state index contributed by atoms with van der Waals surface area (Å²) >= 11 is 0. The number of rotatable bonds is 5. The molecule has 0 bridgehead atoms. The van der Waals surface area contributed by atoms with E-state index in [-0.39, 0.29) is 35.6 Å². The van der Waals surface area contributed by atoms with Crippen molar-refractivity contribution < 1.29 is 24.9 Å². The minimum atomic E-state index is -1.47. The Bertz CT molecular complexity index is 657. The Morgan fingerprint density at radius 3 is 2.52 bits per heavy atom. The molecule has 1 saturated carbocycles. The fourth-order valence-electron chi connectivity index (χ4n) is 3.75. The number of Topliss-reactive ketones (excluding diaryl/α,β-unsaturated/α-hetero) is 1. The first-order chi connectivity index (χ1) is 11.6. The average molecular weight is 349 g/mol. The summed E-state index contributed by atoms with van der Waals surface area (Å²) in [6.45, 7) is 5.72. The van der Waals surface area contributed by atoms with E-state index in [0.717, 1.165) is 18.9 Å². The van der Waals surface area contributed by atoms with Crippen LogP contribution in [0.2, 0.25) is 0 Å². The Hall–Kier alpha value is -2.08. The lowest BCUT2D eigenvalue weighted by molar-refractivity contribution is -0.155. The fraction of sp³-hybridized carbons (Fsp3) is 0.579. The summed E-state index contributed by atoms with van der Waals surface area (Å²) in [6, 6.07) is 3.74. The van der Waals surface area contributed by atoms with Crippen molar-refractivity contribution in [1.82, 2.24) is 5.32 Å². The Morgan fingerprint density at radius 2 is 1.92 bits per heavy atom. The van der Waals surface area contributed by atoms with Crippen LogP contribution in [-0.2, 0) is 4.79 Å². The van der Waals surface area contributed by atoms with Gasteiger partial charge in [0.1, 0.15) is 5.60 Å². The molecule has 1 aliphatic carbocycles. The van der Waals surface area contributed by atoms with Gasteiger partial charge in [-0.15, -0.1) is 0 Å². The standard InChI is InChI=1S/C19H27NO5/c1-11(2)14-6-4-12(3)9-19(14,25)18(24)20-10-17(23)13-5-7-15(21)16(22)8-13/h5,7-8,11-12,14,21-22,25H,4,6,9-10H2,1-3H3,(H,20,24). The van der Waals surface area contributed by atoms with Crippen LogP contribution < -0.4 is 5.32 Å². The topological polar surface area (TPSA) is 107 Å². The number of aromatic hydroxyl groups is 2. The molecule has 3 atom stereocenters. The van der Waals surface area contributed by atoms with Crippen molar-refractivity contribution in [2.45, 2.75) is 45.6 Å². The Balaban J connectivity index is 2.06. The van der Waals surface area contributed by atoms with Gasteiger partial charge in [0.2, 0.25) is 0 Å². The maximum absolute atomic E-state index is 12.6. The number of nitrogens with one attached hydrogen (secondary N) is 1. The van der Waals surface area contributed by atoms with Crippen LogP contribution in [0.5, 0.6) is 11.5 Å². The van der Waals surface area contributed by atoms with Gasteiger partial charge in [-0.05, 0) is 48.8 Å². The SMILES string of the molecule is CC1CCC(C(C)C)C(O)(C(=O)NCC(=O)c2ccc(O)c(O)c2)C1. The van der Waals surface area contributed by atoms with Crippen molar-refractivity contribution in [3.63, 3.8) is 0 Å². The van der Waals surface area contributed by atoms with Gasteiger partial charge in [0.05, 0.1) is 6.54 Å².